The normalized spacial score (nSPS) is 15.4. The number of hydrogen-bond acceptors (Lipinski definition) is 6. The Hall–Kier alpha value is -2.27. The summed E-state index contributed by atoms with van der Waals surface area (Å²) in [6, 6.07) is 6.80. The zero-order valence-corrected chi connectivity index (χ0v) is 16.9. The predicted molar refractivity (Wildman–Crippen MR) is 101 cm³/mol. The molecule has 1 aromatic carbocycles. The number of furan rings is 1. The van der Waals surface area contributed by atoms with E-state index in [1.807, 2.05) is 0 Å². The quantitative estimate of drug-likeness (QED) is 0.639. The second kappa shape index (κ2) is 9.49. The summed E-state index contributed by atoms with van der Waals surface area (Å²) in [6.07, 6.45) is 1.50. The summed E-state index contributed by atoms with van der Waals surface area (Å²) in [5.41, 5.74) is 0.0703. The average Bonchev–Trinajstić information content (AvgIpc) is 3.24. The lowest BCUT2D eigenvalue weighted by molar-refractivity contribution is 0.0666. The van der Waals surface area contributed by atoms with Gasteiger partial charge in [-0.05, 0) is 30.3 Å². The van der Waals surface area contributed by atoms with Crippen LogP contribution in [0.4, 0.5) is 4.39 Å². The molecule has 0 saturated carbocycles. The average molecular weight is 426 g/mol. The monoisotopic (exact) mass is 426 g/mol. The first-order valence-corrected chi connectivity index (χ1v) is 10.6. The molecule has 0 unspecified atom stereocenters. The number of morpholine rings is 1. The van der Waals surface area contributed by atoms with Crippen LogP contribution >= 0.6 is 0 Å². The van der Waals surface area contributed by atoms with Gasteiger partial charge in [0.05, 0.1) is 32.6 Å². The van der Waals surface area contributed by atoms with Gasteiger partial charge in [0, 0.05) is 32.3 Å². The minimum Gasteiger partial charge on any atom is -0.467 e. The first-order valence-electron chi connectivity index (χ1n) is 9.11. The van der Waals surface area contributed by atoms with E-state index in [-0.39, 0.29) is 51.6 Å². The third-order valence-electron chi connectivity index (χ3n) is 4.55. The van der Waals surface area contributed by atoms with Crippen molar-refractivity contribution in [2.75, 3.05) is 46.6 Å². The first-order chi connectivity index (χ1) is 13.9. The van der Waals surface area contributed by atoms with E-state index in [1.54, 1.807) is 12.1 Å². The highest BCUT2D eigenvalue weighted by Crippen LogP contribution is 2.23. The summed E-state index contributed by atoms with van der Waals surface area (Å²) >= 11 is 0. The zero-order chi connectivity index (χ0) is 20.9. The number of rotatable bonds is 8. The van der Waals surface area contributed by atoms with Gasteiger partial charge in [-0.15, -0.1) is 0 Å². The first kappa shape index (κ1) is 21.4. The minimum absolute atomic E-state index is 0.0703. The zero-order valence-electron chi connectivity index (χ0n) is 16.0. The van der Waals surface area contributed by atoms with Crippen LogP contribution in [0.5, 0.6) is 0 Å². The largest absolute Gasteiger partial charge is 0.467 e. The molecule has 2 heterocycles. The van der Waals surface area contributed by atoms with Crippen LogP contribution in [0.2, 0.25) is 0 Å². The third kappa shape index (κ3) is 5.02. The van der Waals surface area contributed by atoms with Gasteiger partial charge in [-0.1, -0.05) is 0 Å². The Morgan fingerprint density at radius 1 is 1.28 bits per heavy atom. The summed E-state index contributed by atoms with van der Waals surface area (Å²) in [5, 5.41) is 0. The number of carbonyl (C=O) groups excluding carboxylic acids is 1. The van der Waals surface area contributed by atoms with Gasteiger partial charge in [0.15, 0.2) is 0 Å². The van der Waals surface area contributed by atoms with E-state index in [2.05, 4.69) is 0 Å². The molecule has 0 spiro atoms. The maximum absolute atomic E-state index is 14.4. The number of halogens is 1. The molecule has 2 aromatic rings. The van der Waals surface area contributed by atoms with Crippen molar-refractivity contribution in [3.8, 4) is 0 Å². The lowest BCUT2D eigenvalue weighted by Crippen LogP contribution is -2.41. The molecular weight excluding hydrogens is 403 g/mol. The summed E-state index contributed by atoms with van der Waals surface area (Å²) in [6.45, 7) is 1.49. The molecule has 1 fully saturated rings. The fourth-order valence-electron chi connectivity index (χ4n) is 2.99. The lowest BCUT2D eigenvalue weighted by atomic mass is 10.2. The van der Waals surface area contributed by atoms with Crippen molar-refractivity contribution in [3.63, 3.8) is 0 Å². The van der Waals surface area contributed by atoms with Gasteiger partial charge >= 0.3 is 0 Å². The number of amides is 1. The molecule has 0 aliphatic carbocycles. The highest BCUT2D eigenvalue weighted by Gasteiger charge is 2.30. The van der Waals surface area contributed by atoms with E-state index in [1.165, 1.54) is 24.3 Å². The number of nitrogens with zero attached hydrogens (tertiary/aromatic N) is 2. The Balaban J connectivity index is 1.88. The van der Waals surface area contributed by atoms with Gasteiger partial charge in [-0.3, -0.25) is 4.79 Å². The van der Waals surface area contributed by atoms with Crippen molar-refractivity contribution in [3.05, 3.63) is 53.7 Å². The third-order valence-corrected chi connectivity index (χ3v) is 6.46. The summed E-state index contributed by atoms with van der Waals surface area (Å²) in [4.78, 5) is 14.0. The Bertz CT molecular complexity index is 926. The van der Waals surface area contributed by atoms with E-state index in [0.717, 1.165) is 16.4 Å². The highest BCUT2D eigenvalue weighted by atomic mass is 32.2. The van der Waals surface area contributed by atoms with Gasteiger partial charge in [0.1, 0.15) is 16.5 Å². The van der Waals surface area contributed by atoms with Gasteiger partial charge in [0.25, 0.3) is 5.91 Å². The van der Waals surface area contributed by atoms with E-state index in [9.17, 15) is 17.6 Å². The maximum atomic E-state index is 14.4. The fraction of sp³-hybridized carbons (Fsp3) is 0.421. The molecule has 8 nitrogen and oxygen atoms in total. The van der Waals surface area contributed by atoms with Crippen LogP contribution in [-0.2, 0) is 26.0 Å². The van der Waals surface area contributed by atoms with Crippen molar-refractivity contribution >= 4 is 15.9 Å². The van der Waals surface area contributed by atoms with Crippen LogP contribution in [0.25, 0.3) is 0 Å². The second-order valence-corrected chi connectivity index (χ2v) is 8.37. The van der Waals surface area contributed by atoms with Gasteiger partial charge < -0.3 is 18.8 Å². The summed E-state index contributed by atoms with van der Waals surface area (Å²) in [5.74, 6) is -0.780. The Kier molecular flexibility index (Phi) is 7.01. The van der Waals surface area contributed by atoms with Crippen molar-refractivity contribution < 1.29 is 31.5 Å². The molecule has 1 aliphatic heterocycles. The van der Waals surface area contributed by atoms with Gasteiger partial charge in [-0.2, -0.15) is 4.31 Å². The van der Waals surface area contributed by atoms with Crippen LogP contribution in [0.3, 0.4) is 0 Å². The molecule has 0 radical (unpaired) electrons. The molecule has 158 valence electrons. The Labute approximate surface area is 168 Å². The molecule has 10 heteroatoms. The molecule has 1 amide bonds. The number of hydrogen-bond donors (Lipinski definition) is 0. The van der Waals surface area contributed by atoms with Crippen LogP contribution in [0.15, 0.2) is 45.9 Å². The maximum Gasteiger partial charge on any atom is 0.254 e. The molecule has 3 rings (SSSR count). The van der Waals surface area contributed by atoms with Crippen LogP contribution in [0, 0.1) is 5.82 Å². The van der Waals surface area contributed by atoms with Crippen LogP contribution in [-0.4, -0.2) is 70.1 Å². The van der Waals surface area contributed by atoms with Crippen molar-refractivity contribution in [1.82, 2.24) is 9.21 Å². The Morgan fingerprint density at radius 2 is 2.03 bits per heavy atom. The number of ether oxygens (including phenoxy) is 2. The molecule has 0 N–H and O–H groups in total. The van der Waals surface area contributed by atoms with E-state index >= 15 is 0 Å². The Morgan fingerprint density at radius 3 is 2.69 bits per heavy atom. The lowest BCUT2D eigenvalue weighted by Gasteiger charge is -2.26. The number of sulfonamides is 1. The van der Waals surface area contributed by atoms with E-state index < -0.39 is 26.6 Å². The fourth-order valence-corrected chi connectivity index (χ4v) is 4.49. The van der Waals surface area contributed by atoms with Crippen LogP contribution in [0.1, 0.15) is 16.1 Å². The van der Waals surface area contributed by atoms with Gasteiger partial charge in [0.2, 0.25) is 10.0 Å². The minimum atomic E-state index is -4.08. The molecule has 29 heavy (non-hydrogen) atoms. The number of benzene rings is 1. The van der Waals surface area contributed by atoms with E-state index in [4.69, 9.17) is 13.9 Å². The predicted octanol–water partition coefficient (Wildman–Crippen LogP) is 1.73. The van der Waals surface area contributed by atoms with Crippen molar-refractivity contribution in [2.24, 2.45) is 0 Å². The van der Waals surface area contributed by atoms with E-state index in [0.29, 0.717) is 5.76 Å². The smallest absolute Gasteiger partial charge is 0.254 e. The summed E-state index contributed by atoms with van der Waals surface area (Å²) in [7, 11) is -2.56. The van der Waals surface area contributed by atoms with Crippen molar-refractivity contribution in [2.45, 2.75) is 11.4 Å². The van der Waals surface area contributed by atoms with Crippen molar-refractivity contribution in [1.29, 1.82) is 0 Å². The van der Waals surface area contributed by atoms with Gasteiger partial charge in [-0.25, -0.2) is 12.8 Å². The molecule has 1 saturated heterocycles. The van der Waals surface area contributed by atoms with Crippen LogP contribution < -0.4 is 0 Å². The standard InChI is InChI=1S/C19H23FN2O6S/c1-26-10-6-21(14-16-3-2-9-28-16)19(23)15-4-5-17(20)18(13-15)29(24,25)22-7-11-27-12-8-22/h2-5,9,13H,6-8,10-12,14H2,1H3. The molecular formula is C19H23FN2O6S. The second-order valence-electron chi connectivity index (χ2n) is 6.46. The molecule has 1 aromatic heterocycles. The number of carbonyl (C=O) groups is 1. The summed E-state index contributed by atoms with van der Waals surface area (Å²) < 4.78 is 56.8. The highest BCUT2D eigenvalue weighted by molar-refractivity contribution is 7.89. The molecule has 0 atom stereocenters. The topological polar surface area (TPSA) is 89.3 Å². The molecule has 0 bridgehead atoms. The molecule has 1 aliphatic rings. The SMILES string of the molecule is COCCN(Cc1ccco1)C(=O)c1ccc(F)c(S(=O)(=O)N2CCOCC2)c1. The number of methoxy groups -OCH3 is 1.